The molecule has 0 spiro atoms. The van der Waals surface area contributed by atoms with Crippen LogP contribution in [-0.2, 0) is 4.79 Å². The number of hydrogen-bond acceptors (Lipinski definition) is 4. The average molecular weight is 485 g/mol. The van der Waals surface area contributed by atoms with Crippen LogP contribution in [0.2, 0.25) is 0 Å². The largest absolute Gasteiger partial charge is 0.493 e. The molecule has 6 heteroatoms. The molecule has 1 aliphatic rings. The molecule has 2 heterocycles. The van der Waals surface area contributed by atoms with Gasteiger partial charge in [0.25, 0.3) is 0 Å². The van der Waals surface area contributed by atoms with Crippen molar-refractivity contribution in [3.63, 3.8) is 0 Å². The Balaban J connectivity index is 1.40. The lowest BCUT2D eigenvalue weighted by molar-refractivity contribution is -0.126. The Morgan fingerprint density at radius 2 is 1.75 bits per heavy atom. The third-order valence-corrected chi connectivity index (χ3v) is 6.61. The smallest absolute Gasteiger partial charge is 0.246 e. The summed E-state index contributed by atoms with van der Waals surface area (Å²) in [4.78, 5) is 17.4. The van der Waals surface area contributed by atoms with Crippen LogP contribution in [0, 0.1) is 5.82 Å². The Bertz CT molecular complexity index is 1390. The number of benzene rings is 3. The van der Waals surface area contributed by atoms with Crippen molar-refractivity contribution in [3.8, 4) is 16.9 Å². The molecule has 1 fully saturated rings. The number of carbonyl (C=O) groups excluding carboxylic acids is 1. The van der Waals surface area contributed by atoms with Gasteiger partial charge in [0, 0.05) is 60.5 Å². The van der Waals surface area contributed by atoms with Crippen LogP contribution < -0.4 is 9.64 Å². The van der Waals surface area contributed by atoms with Gasteiger partial charge in [-0.3, -0.25) is 4.79 Å². The summed E-state index contributed by atoms with van der Waals surface area (Å²) in [5.41, 5.74) is 5.25. The lowest BCUT2D eigenvalue weighted by atomic mass is 9.99. The van der Waals surface area contributed by atoms with Crippen molar-refractivity contribution in [1.29, 1.82) is 0 Å². The molecule has 5 nitrogen and oxygen atoms in total. The molecule has 1 aromatic heterocycles. The third kappa shape index (κ3) is 4.85. The Hall–Kier alpha value is -4.06. The summed E-state index contributed by atoms with van der Waals surface area (Å²) in [5.74, 6) is 0.377. The fourth-order valence-corrected chi connectivity index (χ4v) is 4.67. The van der Waals surface area contributed by atoms with Crippen molar-refractivity contribution < 1.29 is 18.3 Å². The van der Waals surface area contributed by atoms with Gasteiger partial charge in [0.15, 0.2) is 0 Å². The van der Waals surface area contributed by atoms with Crippen molar-refractivity contribution >= 4 is 28.1 Å². The van der Waals surface area contributed by atoms with E-state index in [0.29, 0.717) is 31.0 Å². The number of furan rings is 1. The molecule has 0 N–H and O–H groups in total. The van der Waals surface area contributed by atoms with E-state index in [1.165, 1.54) is 17.8 Å². The third-order valence-electron chi connectivity index (χ3n) is 6.61. The van der Waals surface area contributed by atoms with Crippen LogP contribution >= 0.6 is 0 Å². The number of ether oxygens (including phenoxy) is 1. The zero-order valence-electron chi connectivity index (χ0n) is 20.5. The van der Waals surface area contributed by atoms with Crippen molar-refractivity contribution in [3.05, 3.63) is 90.4 Å². The highest BCUT2D eigenvalue weighted by Gasteiger charge is 2.21. The van der Waals surface area contributed by atoms with Gasteiger partial charge in [0.1, 0.15) is 17.1 Å². The van der Waals surface area contributed by atoms with Gasteiger partial charge >= 0.3 is 0 Å². The first-order chi connectivity index (χ1) is 17.5. The Morgan fingerprint density at radius 3 is 2.44 bits per heavy atom. The van der Waals surface area contributed by atoms with Gasteiger partial charge in [-0.2, -0.15) is 0 Å². The van der Waals surface area contributed by atoms with Crippen LogP contribution in [0.3, 0.4) is 0 Å². The standard InChI is InChI=1S/C30H29FN2O3/c1-3-35-28-19-29-26(27(20-36-29)22-9-11-23(31)12-10-22)18-25(28)21(2)17-30(34)33-15-13-32(14-16-33)24-7-5-4-6-8-24/h4-12,17-20H,3,13-16H2,1-2H3/b21-17+. The van der Waals surface area contributed by atoms with Crippen molar-refractivity contribution in [2.45, 2.75) is 13.8 Å². The summed E-state index contributed by atoms with van der Waals surface area (Å²) in [5, 5.41) is 0.886. The Labute approximate surface area is 210 Å². The van der Waals surface area contributed by atoms with E-state index >= 15 is 0 Å². The van der Waals surface area contributed by atoms with Gasteiger partial charge in [-0.1, -0.05) is 30.3 Å². The Kier molecular flexibility index (Phi) is 6.76. The van der Waals surface area contributed by atoms with Crippen molar-refractivity contribution in [2.75, 3.05) is 37.7 Å². The number of piperazine rings is 1. The number of amides is 1. The number of fused-ring (bicyclic) bond motifs is 1. The summed E-state index contributed by atoms with van der Waals surface area (Å²) in [6.45, 7) is 7.29. The molecule has 0 bridgehead atoms. The van der Waals surface area contributed by atoms with E-state index in [0.717, 1.165) is 40.7 Å². The molecule has 4 aromatic rings. The number of rotatable bonds is 6. The molecule has 36 heavy (non-hydrogen) atoms. The quantitative estimate of drug-likeness (QED) is 0.298. The summed E-state index contributed by atoms with van der Waals surface area (Å²) in [6.07, 6.45) is 3.37. The number of carbonyl (C=O) groups is 1. The van der Waals surface area contributed by atoms with E-state index in [9.17, 15) is 9.18 Å². The number of halogens is 1. The zero-order valence-corrected chi connectivity index (χ0v) is 20.5. The van der Waals surface area contributed by atoms with Gasteiger partial charge in [-0.25, -0.2) is 4.39 Å². The summed E-state index contributed by atoms with van der Waals surface area (Å²) in [7, 11) is 0. The molecule has 0 atom stereocenters. The van der Waals surface area contributed by atoms with E-state index in [1.807, 2.05) is 49.1 Å². The van der Waals surface area contributed by atoms with Crippen molar-refractivity contribution in [1.82, 2.24) is 4.90 Å². The summed E-state index contributed by atoms with van der Waals surface area (Å²) >= 11 is 0. The second-order valence-corrected chi connectivity index (χ2v) is 8.91. The van der Waals surface area contributed by atoms with E-state index in [2.05, 4.69) is 17.0 Å². The zero-order chi connectivity index (χ0) is 25.1. The van der Waals surface area contributed by atoms with E-state index in [4.69, 9.17) is 9.15 Å². The first-order valence-corrected chi connectivity index (χ1v) is 12.2. The molecular formula is C30H29FN2O3. The van der Waals surface area contributed by atoms with Crippen molar-refractivity contribution in [2.24, 2.45) is 0 Å². The highest BCUT2D eigenvalue weighted by molar-refractivity contribution is 6.00. The van der Waals surface area contributed by atoms with E-state index < -0.39 is 0 Å². The van der Waals surface area contributed by atoms with Crippen LogP contribution in [0.4, 0.5) is 10.1 Å². The van der Waals surface area contributed by atoms with Gasteiger partial charge in [0.2, 0.25) is 5.91 Å². The molecule has 0 saturated carbocycles. The van der Waals surface area contributed by atoms with E-state index in [1.54, 1.807) is 24.5 Å². The minimum Gasteiger partial charge on any atom is -0.493 e. The van der Waals surface area contributed by atoms with E-state index in [-0.39, 0.29) is 11.7 Å². The molecule has 0 aliphatic carbocycles. The molecule has 184 valence electrons. The molecule has 0 unspecified atom stereocenters. The average Bonchev–Trinajstić information content (AvgIpc) is 3.32. The van der Waals surface area contributed by atoms with Crippen LogP contribution in [0.15, 0.2) is 83.5 Å². The normalized spacial score (nSPS) is 14.4. The maximum absolute atomic E-state index is 13.4. The number of nitrogens with zero attached hydrogens (tertiary/aromatic N) is 2. The monoisotopic (exact) mass is 484 g/mol. The summed E-state index contributed by atoms with van der Waals surface area (Å²) in [6, 6.07) is 20.5. The maximum atomic E-state index is 13.4. The minimum absolute atomic E-state index is 0.00583. The van der Waals surface area contributed by atoms with Gasteiger partial charge in [-0.05, 0) is 55.3 Å². The molecule has 1 amide bonds. The minimum atomic E-state index is -0.284. The van der Waals surface area contributed by atoms with Gasteiger partial charge in [0.05, 0.1) is 12.9 Å². The Morgan fingerprint density at radius 1 is 1.03 bits per heavy atom. The van der Waals surface area contributed by atoms with Crippen LogP contribution in [-0.4, -0.2) is 43.6 Å². The molecule has 1 aliphatic heterocycles. The fraction of sp³-hybridized carbons (Fsp3) is 0.233. The lowest BCUT2D eigenvalue weighted by Crippen LogP contribution is -2.48. The lowest BCUT2D eigenvalue weighted by Gasteiger charge is -2.35. The molecular weight excluding hydrogens is 455 g/mol. The second kappa shape index (κ2) is 10.3. The SMILES string of the molecule is CCOc1cc2occ(-c3ccc(F)cc3)c2cc1/C(C)=C/C(=O)N1CCN(c2ccccc2)CC1. The number of para-hydroxylation sites is 1. The maximum Gasteiger partial charge on any atom is 0.246 e. The van der Waals surface area contributed by atoms with Gasteiger partial charge < -0.3 is 19.0 Å². The first-order valence-electron chi connectivity index (χ1n) is 12.2. The number of anilines is 1. The topological polar surface area (TPSA) is 45.9 Å². The molecule has 5 rings (SSSR count). The van der Waals surface area contributed by atoms with Crippen LogP contribution in [0.5, 0.6) is 5.75 Å². The number of hydrogen-bond donors (Lipinski definition) is 0. The highest BCUT2D eigenvalue weighted by Crippen LogP contribution is 2.37. The van der Waals surface area contributed by atoms with Crippen LogP contribution in [0.25, 0.3) is 27.7 Å². The fourth-order valence-electron chi connectivity index (χ4n) is 4.67. The number of allylic oxidation sites excluding steroid dienone is 1. The summed E-state index contributed by atoms with van der Waals surface area (Å²) < 4.78 is 25.2. The second-order valence-electron chi connectivity index (χ2n) is 8.91. The predicted octanol–water partition coefficient (Wildman–Crippen LogP) is 6.39. The molecule has 0 radical (unpaired) electrons. The first kappa shape index (κ1) is 23.7. The molecule has 1 saturated heterocycles. The van der Waals surface area contributed by atoms with Crippen LogP contribution in [0.1, 0.15) is 19.4 Å². The molecule has 3 aromatic carbocycles. The highest BCUT2D eigenvalue weighted by atomic mass is 19.1. The predicted molar refractivity (Wildman–Crippen MR) is 142 cm³/mol. The van der Waals surface area contributed by atoms with Gasteiger partial charge in [-0.15, -0.1) is 0 Å².